The molecule has 2 atom stereocenters. The lowest BCUT2D eigenvalue weighted by molar-refractivity contribution is -0.133. The monoisotopic (exact) mass is 358 g/mol. The van der Waals surface area contributed by atoms with Crippen LogP contribution < -0.4 is 11.1 Å². The molecule has 0 spiro atoms. The lowest BCUT2D eigenvalue weighted by Crippen LogP contribution is -2.46. The summed E-state index contributed by atoms with van der Waals surface area (Å²) < 4.78 is 0. The van der Waals surface area contributed by atoms with Crippen LogP contribution in [0.25, 0.3) is 0 Å². The largest absolute Gasteiger partial charge is 0.368 e. The molecule has 1 fully saturated rings. The zero-order valence-electron chi connectivity index (χ0n) is 14.6. The maximum atomic E-state index is 12.7. The summed E-state index contributed by atoms with van der Waals surface area (Å²) in [5, 5.41) is 4.04. The molecule has 0 aliphatic carbocycles. The lowest BCUT2D eigenvalue weighted by Gasteiger charge is -2.28. The van der Waals surface area contributed by atoms with Gasteiger partial charge in [-0.25, -0.2) is 4.79 Å². The number of hydrogen-bond donors (Lipinski definition) is 2. The second-order valence-electron chi connectivity index (χ2n) is 6.36. The fourth-order valence-electron chi connectivity index (χ4n) is 3.23. The van der Waals surface area contributed by atoms with Crippen molar-refractivity contribution in [2.75, 3.05) is 13.1 Å². The van der Waals surface area contributed by atoms with Crippen molar-refractivity contribution in [2.24, 2.45) is 5.73 Å². The summed E-state index contributed by atoms with van der Waals surface area (Å²) >= 11 is 0. The number of amides is 4. The minimum absolute atomic E-state index is 0.130. The Balaban J connectivity index is 1.75. The molecule has 0 aromatic heterocycles. The van der Waals surface area contributed by atoms with Gasteiger partial charge in [0, 0.05) is 13.5 Å². The number of nitrogens with zero attached hydrogens (tertiary/aromatic N) is 2. The van der Waals surface area contributed by atoms with E-state index in [-0.39, 0.29) is 24.6 Å². The van der Waals surface area contributed by atoms with Crippen LogP contribution in [0.5, 0.6) is 0 Å². The van der Waals surface area contributed by atoms with E-state index in [1.807, 2.05) is 30.3 Å². The van der Waals surface area contributed by atoms with E-state index in [9.17, 15) is 14.4 Å². The van der Waals surface area contributed by atoms with E-state index in [0.717, 1.165) is 11.1 Å². The predicted molar refractivity (Wildman–Crippen MR) is 93.3 cm³/mol. The Morgan fingerprint density at radius 1 is 1.31 bits per heavy atom. The Kier molecular flexibility index (Phi) is 5.22. The fraction of sp³-hybridized carbons (Fsp3) is 0.389. The van der Waals surface area contributed by atoms with E-state index >= 15 is 0 Å². The Morgan fingerprint density at radius 3 is 2.69 bits per heavy atom. The average molecular weight is 358 g/mol. The van der Waals surface area contributed by atoms with Crippen LogP contribution >= 0.6 is 0 Å². The topological polar surface area (TPSA) is 105 Å². The van der Waals surface area contributed by atoms with Crippen molar-refractivity contribution in [3.63, 3.8) is 0 Å². The molecule has 4 amide bonds. The standard InChI is InChI=1S/C18H22N4O4/c1-12(23)20-8-7-14-9-15(17(19)24)21-10-16(14)22(18(21)25)26-11-13-5-3-2-4-6-13/h2-6,9,15-16H,7-8,10-11H2,1H3,(H2,19,24)(H,20,23)/t15-,16-/m0/s1. The van der Waals surface area contributed by atoms with Crippen molar-refractivity contribution in [2.45, 2.75) is 32.0 Å². The van der Waals surface area contributed by atoms with Crippen molar-refractivity contribution in [1.82, 2.24) is 15.3 Å². The number of nitrogens with one attached hydrogen (secondary N) is 1. The number of carbonyl (C=O) groups is 3. The third kappa shape index (κ3) is 3.70. The van der Waals surface area contributed by atoms with E-state index in [0.29, 0.717) is 19.5 Å². The van der Waals surface area contributed by atoms with E-state index < -0.39 is 11.9 Å². The molecular weight excluding hydrogens is 336 g/mol. The van der Waals surface area contributed by atoms with Crippen LogP contribution in [0.2, 0.25) is 0 Å². The molecule has 3 rings (SSSR count). The summed E-state index contributed by atoms with van der Waals surface area (Å²) in [7, 11) is 0. The van der Waals surface area contributed by atoms with Gasteiger partial charge in [-0.2, -0.15) is 5.06 Å². The normalized spacial score (nSPS) is 21.6. The number of hydrogen-bond acceptors (Lipinski definition) is 4. The number of fused-ring (bicyclic) bond motifs is 2. The summed E-state index contributed by atoms with van der Waals surface area (Å²) in [6.07, 6.45) is 2.22. The molecule has 1 saturated heterocycles. The molecule has 1 aromatic carbocycles. The number of urea groups is 1. The molecule has 0 saturated carbocycles. The average Bonchev–Trinajstić information content (AvgIpc) is 2.88. The quantitative estimate of drug-likeness (QED) is 0.694. The van der Waals surface area contributed by atoms with E-state index in [1.54, 1.807) is 6.08 Å². The summed E-state index contributed by atoms with van der Waals surface area (Å²) in [5.41, 5.74) is 7.25. The highest BCUT2D eigenvalue weighted by Gasteiger charge is 2.47. The Morgan fingerprint density at radius 2 is 2.04 bits per heavy atom. The Labute approximate surface area is 151 Å². The molecular formula is C18H22N4O4. The number of hydroxylamine groups is 2. The highest BCUT2D eigenvalue weighted by molar-refractivity contribution is 5.90. The molecule has 138 valence electrons. The zero-order valence-corrected chi connectivity index (χ0v) is 14.6. The minimum Gasteiger partial charge on any atom is -0.368 e. The summed E-state index contributed by atoms with van der Waals surface area (Å²) in [5.74, 6) is -0.715. The van der Waals surface area contributed by atoms with Gasteiger partial charge < -0.3 is 16.0 Å². The maximum absolute atomic E-state index is 12.7. The lowest BCUT2D eigenvalue weighted by atomic mass is 9.97. The van der Waals surface area contributed by atoms with E-state index in [4.69, 9.17) is 10.6 Å². The summed E-state index contributed by atoms with van der Waals surface area (Å²) in [4.78, 5) is 42.7. The zero-order chi connectivity index (χ0) is 18.7. The van der Waals surface area contributed by atoms with Crippen LogP contribution in [0.15, 0.2) is 42.0 Å². The van der Waals surface area contributed by atoms with Crippen LogP contribution in [-0.4, -0.2) is 53.0 Å². The van der Waals surface area contributed by atoms with Gasteiger partial charge in [-0.3, -0.25) is 14.4 Å². The molecule has 2 aliphatic heterocycles. The first-order valence-electron chi connectivity index (χ1n) is 8.48. The van der Waals surface area contributed by atoms with Crippen molar-refractivity contribution >= 4 is 17.8 Å². The Bertz CT molecular complexity index is 734. The smallest absolute Gasteiger partial charge is 0.345 e. The molecule has 26 heavy (non-hydrogen) atoms. The maximum Gasteiger partial charge on any atom is 0.345 e. The van der Waals surface area contributed by atoms with Gasteiger partial charge in [0.15, 0.2) is 0 Å². The SMILES string of the molecule is CC(=O)NCCC1=C[C@@H](C(N)=O)N2C[C@@H]1N(OCc1ccccc1)C2=O. The van der Waals surface area contributed by atoms with Crippen LogP contribution in [0.4, 0.5) is 4.79 Å². The van der Waals surface area contributed by atoms with Gasteiger partial charge >= 0.3 is 6.03 Å². The Hall–Kier alpha value is -2.87. The second-order valence-corrected chi connectivity index (χ2v) is 6.36. The van der Waals surface area contributed by atoms with Gasteiger partial charge in [-0.05, 0) is 17.6 Å². The van der Waals surface area contributed by atoms with Gasteiger partial charge in [-0.15, -0.1) is 0 Å². The summed E-state index contributed by atoms with van der Waals surface area (Å²) in [6, 6.07) is 8.05. The highest BCUT2D eigenvalue weighted by atomic mass is 16.7. The van der Waals surface area contributed by atoms with Gasteiger partial charge in [-0.1, -0.05) is 36.4 Å². The highest BCUT2D eigenvalue weighted by Crippen LogP contribution is 2.32. The first kappa shape index (κ1) is 17.9. The number of rotatable bonds is 7. The minimum atomic E-state index is -0.795. The molecule has 2 bridgehead atoms. The van der Waals surface area contributed by atoms with Gasteiger partial charge in [0.1, 0.15) is 18.7 Å². The van der Waals surface area contributed by atoms with Crippen molar-refractivity contribution < 1.29 is 19.2 Å². The molecule has 2 heterocycles. The van der Waals surface area contributed by atoms with Crippen molar-refractivity contribution in [3.8, 4) is 0 Å². The third-order valence-electron chi connectivity index (χ3n) is 4.51. The molecule has 2 aliphatic rings. The van der Waals surface area contributed by atoms with Gasteiger partial charge in [0.05, 0.1) is 6.54 Å². The second kappa shape index (κ2) is 7.57. The molecule has 8 heteroatoms. The van der Waals surface area contributed by atoms with E-state index in [2.05, 4.69) is 5.32 Å². The number of benzene rings is 1. The summed E-state index contributed by atoms with van der Waals surface area (Å²) in [6.45, 7) is 2.45. The first-order valence-corrected chi connectivity index (χ1v) is 8.48. The van der Waals surface area contributed by atoms with Crippen LogP contribution in [0, 0.1) is 0 Å². The van der Waals surface area contributed by atoms with E-state index in [1.165, 1.54) is 16.9 Å². The van der Waals surface area contributed by atoms with Gasteiger partial charge in [0.25, 0.3) is 0 Å². The molecule has 3 N–H and O–H groups in total. The van der Waals surface area contributed by atoms with Crippen molar-refractivity contribution in [3.05, 3.63) is 47.5 Å². The third-order valence-corrected chi connectivity index (χ3v) is 4.51. The fourth-order valence-corrected chi connectivity index (χ4v) is 3.23. The van der Waals surface area contributed by atoms with Crippen LogP contribution in [0.3, 0.4) is 0 Å². The van der Waals surface area contributed by atoms with Crippen molar-refractivity contribution in [1.29, 1.82) is 0 Å². The van der Waals surface area contributed by atoms with Crippen LogP contribution in [0.1, 0.15) is 18.9 Å². The molecule has 0 radical (unpaired) electrons. The molecule has 8 nitrogen and oxygen atoms in total. The van der Waals surface area contributed by atoms with Crippen LogP contribution in [-0.2, 0) is 21.0 Å². The number of carbonyl (C=O) groups excluding carboxylic acids is 3. The number of primary amides is 1. The molecule has 1 aromatic rings. The number of nitrogens with two attached hydrogens (primary N) is 1. The van der Waals surface area contributed by atoms with Gasteiger partial charge in [0.2, 0.25) is 11.8 Å². The first-order chi connectivity index (χ1) is 12.5. The molecule has 0 unspecified atom stereocenters. The predicted octanol–water partition coefficient (Wildman–Crippen LogP) is 0.545.